The molecule has 0 fully saturated rings. The van der Waals surface area contributed by atoms with E-state index < -0.39 is 0 Å². The molecule has 1 aromatic carbocycles. The van der Waals surface area contributed by atoms with E-state index in [1.165, 1.54) is 0 Å². The molecular weight excluding hydrogens is 168 g/mol. The minimum absolute atomic E-state index is 0.220. The first-order chi connectivity index (χ1) is 6.19. The zero-order valence-corrected chi connectivity index (χ0v) is 8.03. The van der Waals surface area contributed by atoms with E-state index in [2.05, 4.69) is 5.32 Å². The first kappa shape index (κ1) is 9.67. The van der Waals surface area contributed by atoms with Gasteiger partial charge in [-0.1, -0.05) is 0 Å². The monoisotopic (exact) mass is 182 g/mol. The molecule has 0 saturated carbocycles. The lowest BCUT2D eigenvalue weighted by Crippen LogP contribution is -2.16. The lowest BCUT2D eigenvalue weighted by atomic mass is 10.2. The van der Waals surface area contributed by atoms with Crippen molar-refractivity contribution in [3.63, 3.8) is 0 Å². The number of hydrogen-bond acceptors (Lipinski definition) is 4. The maximum Gasteiger partial charge on any atom is 0.117 e. The van der Waals surface area contributed by atoms with Gasteiger partial charge in [-0.25, -0.2) is 0 Å². The number of nitrogens with one attached hydrogen (secondary N) is 1. The highest BCUT2D eigenvalue weighted by molar-refractivity contribution is 5.70. The van der Waals surface area contributed by atoms with Gasteiger partial charge in [0, 0.05) is 20.2 Å². The summed E-state index contributed by atoms with van der Waals surface area (Å²) in [5.41, 5.74) is 1.70. The molecule has 4 heteroatoms. The molecule has 0 spiro atoms. The van der Waals surface area contributed by atoms with Gasteiger partial charge in [0.1, 0.15) is 5.75 Å². The molecule has 0 unspecified atom stereocenters. The molecule has 0 radical (unpaired) electrons. The van der Waals surface area contributed by atoms with Crippen LogP contribution < -0.4 is 10.4 Å². The summed E-state index contributed by atoms with van der Waals surface area (Å²) in [6, 6.07) is 5.05. The van der Waals surface area contributed by atoms with Crippen LogP contribution in [-0.2, 0) is 4.84 Å². The van der Waals surface area contributed by atoms with Crippen LogP contribution in [-0.4, -0.2) is 26.3 Å². The molecule has 0 heterocycles. The van der Waals surface area contributed by atoms with Crippen molar-refractivity contribution in [1.29, 1.82) is 0 Å². The third kappa shape index (κ3) is 2.03. The number of nitrogens with zero attached hydrogens (tertiary/aromatic N) is 1. The van der Waals surface area contributed by atoms with Gasteiger partial charge in [-0.15, -0.1) is 0 Å². The summed E-state index contributed by atoms with van der Waals surface area (Å²) < 4.78 is 0. The van der Waals surface area contributed by atoms with Crippen molar-refractivity contribution < 1.29 is 9.94 Å². The van der Waals surface area contributed by atoms with Crippen molar-refractivity contribution in [1.82, 2.24) is 0 Å². The Hall–Kier alpha value is -1.42. The topological polar surface area (TPSA) is 44.7 Å². The van der Waals surface area contributed by atoms with Crippen molar-refractivity contribution >= 4 is 11.4 Å². The first-order valence-electron chi connectivity index (χ1n) is 3.97. The van der Waals surface area contributed by atoms with Gasteiger partial charge < -0.3 is 10.4 Å². The molecule has 13 heavy (non-hydrogen) atoms. The van der Waals surface area contributed by atoms with Gasteiger partial charge in [-0.05, 0) is 12.1 Å². The van der Waals surface area contributed by atoms with E-state index in [4.69, 9.17) is 4.84 Å². The Labute approximate surface area is 77.7 Å². The van der Waals surface area contributed by atoms with E-state index in [9.17, 15) is 5.11 Å². The van der Waals surface area contributed by atoms with E-state index in [0.29, 0.717) is 0 Å². The summed E-state index contributed by atoms with van der Waals surface area (Å²) in [7, 11) is 5.17. The Morgan fingerprint density at radius 2 is 2.15 bits per heavy atom. The number of benzene rings is 1. The largest absolute Gasteiger partial charge is 0.508 e. The number of phenolic OH excluding ortho intramolecular Hbond substituents is 1. The number of phenols is 1. The fraction of sp³-hybridized carbons (Fsp3) is 0.333. The predicted molar refractivity (Wildman–Crippen MR) is 53.1 cm³/mol. The predicted octanol–water partition coefficient (Wildman–Crippen LogP) is 1.43. The number of hydroxylamine groups is 1. The lowest BCUT2D eigenvalue weighted by molar-refractivity contribution is 0.185. The minimum atomic E-state index is 0.220. The molecule has 72 valence electrons. The summed E-state index contributed by atoms with van der Waals surface area (Å²) in [5.74, 6) is 0.220. The average Bonchev–Trinajstić information content (AvgIpc) is 2.16. The summed E-state index contributed by atoms with van der Waals surface area (Å²) in [5, 5.41) is 13.8. The van der Waals surface area contributed by atoms with E-state index in [1.807, 2.05) is 7.05 Å². The summed E-state index contributed by atoms with van der Waals surface area (Å²) in [6.07, 6.45) is 0. The Balaban J connectivity index is 3.07. The fourth-order valence-corrected chi connectivity index (χ4v) is 1.09. The lowest BCUT2D eigenvalue weighted by Gasteiger charge is -2.19. The molecular formula is C9H14N2O2. The average molecular weight is 182 g/mol. The highest BCUT2D eigenvalue weighted by atomic mass is 16.7. The second-order valence-corrected chi connectivity index (χ2v) is 2.63. The Bertz CT molecular complexity index is 289. The van der Waals surface area contributed by atoms with Crippen molar-refractivity contribution in [2.24, 2.45) is 0 Å². The van der Waals surface area contributed by atoms with E-state index in [0.717, 1.165) is 11.4 Å². The Kier molecular flexibility index (Phi) is 2.97. The van der Waals surface area contributed by atoms with E-state index in [1.54, 1.807) is 37.4 Å². The molecule has 0 aliphatic carbocycles. The SMILES string of the molecule is CNc1ccc(O)cc1N(C)OC. The van der Waals surface area contributed by atoms with Crippen LogP contribution in [0.2, 0.25) is 0 Å². The van der Waals surface area contributed by atoms with Gasteiger partial charge >= 0.3 is 0 Å². The molecule has 0 saturated heterocycles. The van der Waals surface area contributed by atoms with Gasteiger partial charge in [-0.3, -0.25) is 9.90 Å². The molecule has 0 atom stereocenters. The number of anilines is 2. The molecule has 0 aliphatic heterocycles. The maximum absolute atomic E-state index is 9.27. The molecule has 0 aliphatic rings. The van der Waals surface area contributed by atoms with Crippen LogP contribution in [0.25, 0.3) is 0 Å². The van der Waals surface area contributed by atoms with Crippen LogP contribution in [0.1, 0.15) is 0 Å². The normalized spacial score (nSPS) is 9.77. The standard InChI is InChI=1S/C9H14N2O2/c1-10-8-5-4-7(12)6-9(8)11(2)13-3/h4-6,10,12H,1-3H3. The molecule has 2 N–H and O–H groups in total. The smallest absolute Gasteiger partial charge is 0.117 e. The first-order valence-corrected chi connectivity index (χ1v) is 3.97. The van der Waals surface area contributed by atoms with Crippen LogP contribution in [0.5, 0.6) is 5.75 Å². The van der Waals surface area contributed by atoms with Crippen molar-refractivity contribution in [2.75, 3.05) is 31.6 Å². The molecule has 0 aromatic heterocycles. The summed E-state index contributed by atoms with van der Waals surface area (Å²) in [4.78, 5) is 5.02. The second kappa shape index (κ2) is 4.00. The third-order valence-electron chi connectivity index (χ3n) is 1.86. The van der Waals surface area contributed by atoms with Crippen LogP contribution in [0.15, 0.2) is 18.2 Å². The van der Waals surface area contributed by atoms with Crippen molar-refractivity contribution in [3.05, 3.63) is 18.2 Å². The van der Waals surface area contributed by atoms with Crippen LogP contribution in [0.4, 0.5) is 11.4 Å². The van der Waals surface area contributed by atoms with Crippen LogP contribution >= 0.6 is 0 Å². The van der Waals surface area contributed by atoms with Crippen LogP contribution in [0.3, 0.4) is 0 Å². The summed E-state index contributed by atoms with van der Waals surface area (Å²) in [6.45, 7) is 0. The molecule has 1 rings (SSSR count). The third-order valence-corrected chi connectivity index (χ3v) is 1.86. The van der Waals surface area contributed by atoms with E-state index in [-0.39, 0.29) is 5.75 Å². The molecule has 4 nitrogen and oxygen atoms in total. The zero-order valence-electron chi connectivity index (χ0n) is 8.03. The van der Waals surface area contributed by atoms with Gasteiger partial charge in [0.2, 0.25) is 0 Å². The Morgan fingerprint density at radius 3 is 2.69 bits per heavy atom. The van der Waals surface area contributed by atoms with Crippen molar-refractivity contribution in [2.45, 2.75) is 0 Å². The Morgan fingerprint density at radius 1 is 1.46 bits per heavy atom. The second-order valence-electron chi connectivity index (χ2n) is 2.63. The quantitative estimate of drug-likeness (QED) is 0.548. The van der Waals surface area contributed by atoms with Gasteiger partial charge in [0.25, 0.3) is 0 Å². The molecule has 0 amide bonds. The van der Waals surface area contributed by atoms with Gasteiger partial charge in [0.15, 0.2) is 0 Å². The number of aromatic hydroxyl groups is 1. The molecule has 1 aromatic rings. The summed E-state index contributed by atoms with van der Waals surface area (Å²) >= 11 is 0. The van der Waals surface area contributed by atoms with E-state index >= 15 is 0 Å². The molecule has 0 bridgehead atoms. The van der Waals surface area contributed by atoms with Gasteiger partial charge in [0.05, 0.1) is 18.5 Å². The zero-order chi connectivity index (χ0) is 9.84. The maximum atomic E-state index is 9.27. The van der Waals surface area contributed by atoms with Crippen molar-refractivity contribution in [3.8, 4) is 5.75 Å². The minimum Gasteiger partial charge on any atom is -0.508 e. The number of hydrogen-bond donors (Lipinski definition) is 2. The van der Waals surface area contributed by atoms with Crippen LogP contribution in [0, 0.1) is 0 Å². The highest BCUT2D eigenvalue weighted by Gasteiger charge is 2.06. The van der Waals surface area contributed by atoms with Gasteiger partial charge in [-0.2, -0.15) is 0 Å². The fourth-order valence-electron chi connectivity index (χ4n) is 1.09. The highest BCUT2D eigenvalue weighted by Crippen LogP contribution is 2.28. The number of rotatable bonds is 3.